The van der Waals surface area contributed by atoms with Crippen LogP contribution < -0.4 is 4.74 Å². The van der Waals surface area contributed by atoms with Crippen LogP contribution in [0.15, 0.2) is 59.8 Å². The highest BCUT2D eigenvalue weighted by atomic mass is 35.5. The molecule has 0 radical (unpaired) electrons. The average molecular weight is 432 g/mol. The van der Waals surface area contributed by atoms with Gasteiger partial charge in [0, 0.05) is 11.8 Å². The third-order valence-corrected chi connectivity index (χ3v) is 6.12. The van der Waals surface area contributed by atoms with Crippen LogP contribution in [0, 0.1) is 0 Å². The molecule has 0 aliphatic heterocycles. The van der Waals surface area contributed by atoms with E-state index in [-0.39, 0.29) is 12.6 Å². The summed E-state index contributed by atoms with van der Waals surface area (Å²) in [6.45, 7) is 4.59. The van der Waals surface area contributed by atoms with Crippen LogP contribution in [0.4, 0.5) is 0 Å². The number of hydrogen-bond donors (Lipinski definition) is 1. The summed E-state index contributed by atoms with van der Waals surface area (Å²) in [5.74, 6) is 1.89. The maximum Gasteiger partial charge on any atom is 0.191 e. The molecule has 3 aromatic rings. The molecular formula is C22H26ClN3O2S. The van der Waals surface area contributed by atoms with E-state index in [4.69, 9.17) is 16.3 Å². The van der Waals surface area contributed by atoms with Gasteiger partial charge in [-0.05, 0) is 30.5 Å². The van der Waals surface area contributed by atoms with E-state index >= 15 is 0 Å². The van der Waals surface area contributed by atoms with Gasteiger partial charge in [-0.3, -0.25) is 0 Å². The molecular weight excluding hydrogens is 406 g/mol. The molecule has 0 aliphatic carbocycles. The quantitative estimate of drug-likeness (QED) is 0.417. The Kier molecular flexibility index (Phi) is 7.98. The number of halogens is 1. The van der Waals surface area contributed by atoms with Crippen LogP contribution in [-0.2, 0) is 6.61 Å². The lowest BCUT2D eigenvalue weighted by molar-refractivity contribution is 0.204. The highest BCUT2D eigenvalue weighted by molar-refractivity contribution is 7.99. The lowest BCUT2D eigenvalue weighted by Crippen LogP contribution is -2.14. The lowest BCUT2D eigenvalue weighted by Gasteiger charge is -2.20. The zero-order chi connectivity index (χ0) is 20.6. The van der Waals surface area contributed by atoms with Gasteiger partial charge in [-0.2, -0.15) is 0 Å². The van der Waals surface area contributed by atoms with Crippen LogP contribution in [0.3, 0.4) is 0 Å². The van der Waals surface area contributed by atoms with E-state index in [9.17, 15) is 5.11 Å². The molecule has 1 atom stereocenters. The van der Waals surface area contributed by atoms with Crippen LogP contribution in [0.5, 0.6) is 5.75 Å². The maximum atomic E-state index is 10.5. The van der Waals surface area contributed by atoms with E-state index in [1.165, 1.54) is 11.8 Å². The van der Waals surface area contributed by atoms with Crippen molar-refractivity contribution in [3.63, 3.8) is 0 Å². The fourth-order valence-corrected chi connectivity index (χ4v) is 4.34. The van der Waals surface area contributed by atoms with Gasteiger partial charge < -0.3 is 14.4 Å². The van der Waals surface area contributed by atoms with Crippen molar-refractivity contribution in [2.24, 2.45) is 0 Å². The van der Waals surface area contributed by atoms with Crippen LogP contribution in [-0.4, -0.2) is 25.6 Å². The van der Waals surface area contributed by atoms with Crippen molar-refractivity contribution >= 4 is 23.4 Å². The van der Waals surface area contributed by atoms with Crippen LogP contribution in [0.2, 0.25) is 5.02 Å². The maximum absolute atomic E-state index is 10.5. The number of nitrogens with zero attached hydrogens (tertiary/aromatic N) is 3. The molecule has 0 amide bonds. The second-order valence-electron chi connectivity index (χ2n) is 6.70. The molecule has 3 rings (SSSR count). The first-order chi connectivity index (χ1) is 14.1. The highest BCUT2D eigenvalue weighted by Crippen LogP contribution is 2.30. The van der Waals surface area contributed by atoms with Gasteiger partial charge in [-0.1, -0.05) is 79.7 Å². The van der Waals surface area contributed by atoms with Crippen LogP contribution >= 0.6 is 23.4 Å². The van der Waals surface area contributed by atoms with Gasteiger partial charge in [0.05, 0.1) is 11.1 Å². The number of aliphatic hydroxyl groups excluding tert-OH is 1. The number of aliphatic hydroxyl groups is 1. The highest BCUT2D eigenvalue weighted by Gasteiger charge is 2.20. The number of para-hydroxylation sites is 1. The summed E-state index contributed by atoms with van der Waals surface area (Å²) in [4.78, 5) is 0. The molecule has 1 aromatic heterocycles. The van der Waals surface area contributed by atoms with Gasteiger partial charge >= 0.3 is 0 Å². The minimum absolute atomic E-state index is 0.270. The number of ether oxygens (including phenoxy) is 1. The van der Waals surface area contributed by atoms with E-state index in [0.717, 1.165) is 29.4 Å². The molecule has 154 valence electrons. The molecule has 0 fully saturated rings. The predicted octanol–water partition coefficient (Wildman–Crippen LogP) is 5.70. The Hall–Kier alpha value is -2.02. The second kappa shape index (κ2) is 10.7. The van der Waals surface area contributed by atoms with Crippen molar-refractivity contribution in [2.45, 2.75) is 50.6 Å². The smallest absolute Gasteiger partial charge is 0.191 e. The topological polar surface area (TPSA) is 60.2 Å². The molecule has 0 bridgehead atoms. The first kappa shape index (κ1) is 21.7. The summed E-state index contributed by atoms with van der Waals surface area (Å²) in [6, 6.07) is 17.3. The van der Waals surface area contributed by atoms with Gasteiger partial charge in [-0.15, -0.1) is 10.2 Å². The molecule has 0 saturated carbocycles. The standard InChI is InChI=1S/C22H26ClN3O2S/c1-3-17(4-2)26-21(14-28-20-13-9-8-12-18(20)23)24-25-22(26)29-15-19(27)16-10-6-5-7-11-16/h5-13,17,19,27H,3-4,14-15H2,1-2H3/t19-/m1/s1. The molecule has 0 saturated heterocycles. The Morgan fingerprint density at radius 2 is 1.72 bits per heavy atom. The molecule has 7 heteroatoms. The summed E-state index contributed by atoms with van der Waals surface area (Å²) in [7, 11) is 0. The van der Waals surface area contributed by atoms with Crippen molar-refractivity contribution in [3.05, 3.63) is 71.0 Å². The van der Waals surface area contributed by atoms with Crippen molar-refractivity contribution < 1.29 is 9.84 Å². The zero-order valence-corrected chi connectivity index (χ0v) is 18.2. The largest absolute Gasteiger partial charge is 0.484 e. The fraction of sp³-hybridized carbons (Fsp3) is 0.364. The van der Waals surface area contributed by atoms with Gasteiger partial charge in [0.2, 0.25) is 0 Å². The van der Waals surface area contributed by atoms with Crippen molar-refractivity contribution in [1.82, 2.24) is 14.8 Å². The minimum atomic E-state index is -0.559. The molecule has 1 heterocycles. The Balaban J connectivity index is 1.75. The van der Waals surface area contributed by atoms with Crippen LogP contribution in [0.25, 0.3) is 0 Å². The molecule has 5 nitrogen and oxygen atoms in total. The Labute approximate surface area is 181 Å². The number of thioether (sulfide) groups is 1. The first-order valence-electron chi connectivity index (χ1n) is 9.80. The van der Waals surface area contributed by atoms with Crippen molar-refractivity contribution in [2.75, 3.05) is 5.75 Å². The van der Waals surface area contributed by atoms with E-state index in [2.05, 4.69) is 28.6 Å². The number of aromatic nitrogens is 3. The molecule has 0 aliphatic rings. The van der Waals surface area contributed by atoms with E-state index < -0.39 is 6.10 Å². The Morgan fingerprint density at radius 1 is 1.03 bits per heavy atom. The third kappa shape index (κ3) is 5.53. The Morgan fingerprint density at radius 3 is 2.41 bits per heavy atom. The van der Waals surface area contributed by atoms with E-state index in [1.54, 1.807) is 6.07 Å². The molecule has 2 aromatic carbocycles. The zero-order valence-electron chi connectivity index (χ0n) is 16.7. The second-order valence-corrected chi connectivity index (χ2v) is 8.09. The monoisotopic (exact) mass is 431 g/mol. The van der Waals surface area contributed by atoms with Crippen molar-refractivity contribution in [3.8, 4) is 5.75 Å². The van der Waals surface area contributed by atoms with Gasteiger partial charge in [0.25, 0.3) is 0 Å². The third-order valence-electron chi connectivity index (χ3n) is 4.79. The number of benzene rings is 2. The SMILES string of the molecule is CCC(CC)n1c(COc2ccccc2Cl)nnc1SC[C@@H](O)c1ccccc1. The van der Waals surface area contributed by atoms with Gasteiger partial charge in [0.1, 0.15) is 12.4 Å². The summed E-state index contributed by atoms with van der Waals surface area (Å²) < 4.78 is 8.04. The fourth-order valence-electron chi connectivity index (χ4n) is 3.15. The predicted molar refractivity (Wildman–Crippen MR) is 118 cm³/mol. The number of rotatable bonds is 10. The van der Waals surface area contributed by atoms with Crippen LogP contribution in [0.1, 0.15) is 50.2 Å². The first-order valence-corrected chi connectivity index (χ1v) is 11.2. The normalized spacial score (nSPS) is 12.3. The number of hydrogen-bond acceptors (Lipinski definition) is 5. The average Bonchev–Trinajstić information content (AvgIpc) is 3.16. The van der Waals surface area contributed by atoms with E-state index in [1.807, 2.05) is 48.5 Å². The summed E-state index contributed by atoms with van der Waals surface area (Å²) in [6.07, 6.45) is 1.36. The van der Waals surface area contributed by atoms with Crippen molar-refractivity contribution in [1.29, 1.82) is 0 Å². The molecule has 1 N–H and O–H groups in total. The van der Waals surface area contributed by atoms with Gasteiger partial charge in [0.15, 0.2) is 11.0 Å². The molecule has 29 heavy (non-hydrogen) atoms. The van der Waals surface area contributed by atoms with E-state index in [0.29, 0.717) is 16.5 Å². The molecule has 0 unspecified atom stereocenters. The molecule has 0 spiro atoms. The summed E-state index contributed by atoms with van der Waals surface area (Å²) in [5.41, 5.74) is 0.899. The van der Waals surface area contributed by atoms with Gasteiger partial charge in [-0.25, -0.2) is 0 Å². The lowest BCUT2D eigenvalue weighted by atomic mass is 10.1. The Bertz CT molecular complexity index is 900. The minimum Gasteiger partial charge on any atom is -0.484 e. The summed E-state index contributed by atoms with van der Waals surface area (Å²) >= 11 is 7.71. The summed E-state index contributed by atoms with van der Waals surface area (Å²) in [5, 5.41) is 20.6.